The summed E-state index contributed by atoms with van der Waals surface area (Å²) in [7, 11) is -4.21. The summed E-state index contributed by atoms with van der Waals surface area (Å²) in [6.45, 7) is 9.54. The van der Waals surface area contributed by atoms with Crippen LogP contribution in [0.1, 0.15) is 44.4 Å². The molecule has 0 aliphatic rings. The molecule has 4 aromatic rings. The van der Waals surface area contributed by atoms with Gasteiger partial charge in [0.05, 0.1) is 17.2 Å². The van der Waals surface area contributed by atoms with Crippen LogP contribution in [0.5, 0.6) is 5.75 Å². The molecule has 254 valence electrons. The lowest BCUT2D eigenvalue weighted by Crippen LogP contribution is -2.56. The molecule has 2 amide bonds. The van der Waals surface area contributed by atoms with Gasteiger partial charge >= 0.3 is 0 Å². The molecule has 1 unspecified atom stereocenters. The molecule has 0 radical (unpaired) electrons. The normalized spacial score (nSPS) is 12.2. The second-order valence-electron chi connectivity index (χ2n) is 12.6. The Hall–Kier alpha value is -4.28. The van der Waals surface area contributed by atoms with Crippen molar-refractivity contribution in [1.29, 1.82) is 0 Å². The largest absolute Gasteiger partial charge is 0.494 e. The molecule has 8 nitrogen and oxygen atoms in total. The minimum Gasteiger partial charge on any atom is -0.494 e. The van der Waals surface area contributed by atoms with Crippen LogP contribution in [0.3, 0.4) is 0 Å². The summed E-state index contributed by atoms with van der Waals surface area (Å²) >= 11 is 1.50. The molecule has 0 aliphatic carbocycles. The fourth-order valence-corrected chi connectivity index (χ4v) is 7.00. The Morgan fingerprint density at radius 3 is 2.04 bits per heavy atom. The van der Waals surface area contributed by atoms with Crippen molar-refractivity contribution >= 4 is 39.3 Å². The van der Waals surface area contributed by atoms with Gasteiger partial charge in [-0.2, -0.15) is 0 Å². The third-order valence-electron chi connectivity index (χ3n) is 7.60. The van der Waals surface area contributed by atoms with Gasteiger partial charge in [-0.1, -0.05) is 60.2 Å². The van der Waals surface area contributed by atoms with E-state index in [4.69, 9.17) is 4.74 Å². The number of carbonyl (C=O) groups is 2. The maximum atomic E-state index is 14.7. The molecule has 0 spiro atoms. The van der Waals surface area contributed by atoms with Crippen LogP contribution in [0.2, 0.25) is 0 Å². The van der Waals surface area contributed by atoms with Crippen molar-refractivity contribution in [3.05, 3.63) is 120 Å². The Labute approximate surface area is 289 Å². The van der Waals surface area contributed by atoms with E-state index >= 15 is 0 Å². The number of nitrogens with zero attached hydrogens (tertiary/aromatic N) is 2. The molecule has 10 heteroatoms. The van der Waals surface area contributed by atoms with Gasteiger partial charge in [-0.25, -0.2) is 8.42 Å². The summed E-state index contributed by atoms with van der Waals surface area (Å²) in [5.41, 5.74) is 2.49. The minimum atomic E-state index is -4.21. The number of benzene rings is 4. The molecule has 4 aromatic carbocycles. The summed E-state index contributed by atoms with van der Waals surface area (Å²) in [6.07, 6.45) is 2.16. The van der Waals surface area contributed by atoms with Gasteiger partial charge in [-0.05, 0) is 101 Å². The second kappa shape index (κ2) is 16.2. The monoisotopic (exact) mass is 687 g/mol. The zero-order valence-corrected chi connectivity index (χ0v) is 30.1. The molecule has 0 saturated heterocycles. The molecule has 0 fully saturated rings. The fourth-order valence-electron chi connectivity index (χ4n) is 5.18. The quantitative estimate of drug-likeness (QED) is 0.146. The second-order valence-corrected chi connectivity index (χ2v) is 15.3. The van der Waals surface area contributed by atoms with Crippen LogP contribution in [0.4, 0.5) is 5.69 Å². The van der Waals surface area contributed by atoms with E-state index in [0.717, 1.165) is 25.9 Å². The van der Waals surface area contributed by atoms with Crippen LogP contribution in [0.25, 0.3) is 0 Å². The van der Waals surface area contributed by atoms with Crippen LogP contribution in [-0.2, 0) is 32.6 Å². The van der Waals surface area contributed by atoms with Crippen molar-refractivity contribution in [3.8, 4) is 5.75 Å². The highest BCUT2D eigenvalue weighted by Gasteiger charge is 2.35. The zero-order valence-electron chi connectivity index (χ0n) is 28.5. The van der Waals surface area contributed by atoms with Gasteiger partial charge in [-0.3, -0.25) is 13.9 Å². The van der Waals surface area contributed by atoms with E-state index in [1.54, 1.807) is 48.5 Å². The van der Waals surface area contributed by atoms with Crippen LogP contribution in [0, 0.1) is 6.92 Å². The molecule has 4 rings (SSSR count). The molecule has 0 heterocycles. The van der Waals surface area contributed by atoms with Crippen molar-refractivity contribution in [2.45, 2.75) is 69.0 Å². The number of thioether (sulfide) groups is 1. The smallest absolute Gasteiger partial charge is 0.264 e. The molecule has 1 atom stereocenters. The number of hydrogen-bond donors (Lipinski definition) is 1. The lowest BCUT2D eigenvalue weighted by Gasteiger charge is -2.35. The Balaban J connectivity index is 1.81. The highest BCUT2D eigenvalue weighted by atomic mass is 32.2. The average Bonchev–Trinajstić information content (AvgIpc) is 3.06. The van der Waals surface area contributed by atoms with Crippen LogP contribution < -0.4 is 14.4 Å². The lowest BCUT2D eigenvalue weighted by molar-refractivity contribution is -0.140. The predicted octanol–water partition coefficient (Wildman–Crippen LogP) is 6.87. The van der Waals surface area contributed by atoms with Crippen molar-refractivity contribution in [3.63, 3.8) is 0 Å². The zero-order chi connectivity index (χ0) is 34.9. The van der Waals surface area contributed by atoms with E-state index in [0.29, 0.717) is 18.0 Å². The van der Waals surface area contributed by atoms with Crippen molar-refractivity contribution in [1.82, 2.24) is 10.2 Å². The van der Waals surface area contributed by atoms with Crippen molar-refractivity contribution < 1.29 is 22.7 Å². The predicted molar refractivity (Wildman–Crippen MR) is 194 cm³/mol. The number of carbonyl (C=O) groups excluding carboxylic acids is 2. The van der Waals surface area contributed by atoms with Gasteiger partial charge in [0.25, 0.3) is 10.0 Å². The summed E-state index contributed by atoms with van der Waals surface area (Å²) in [4.78, 5) is 31.2. The Kier molecular flexibility index (Phi) is 12.3. The van der Waals surface area contributed by atoms with Crippen LogP contribution >= 0.6 is 11.8 Å². The number of aryl methyl sites for hydroxylation is 1. The summed E-state index contributed by atoms with van der Waals surface area (Å²) in [5.74, 6) is -0.259. The topological polar surface area (TPSA) is 96.0 Å². The van der Waals surface area contributed by atoms with Crippen molar-refractivity contribution in [2.24, 2.45) is 0 Å². The van der Waals surface area contributed by atoms with Gasteiger partial charge < -0.3 is 15.0 Å². The molecule has 48 heavy (non-hydrogen) atoms. The van der Waals surface area contributed by atoms with Crippen LogP contribution in [0.15, 0.2) is 113 Å². The van der Waals surface area contributed by atoms with Gasteiger partial charge in [0.2, 0.25) is 11.8 Å². The summed E-state index contributed by atoms with van der Waals surface area (Å²) in [6, 6.07) is 29.5. The van der Waals surface area contributed by atoms with E-state index < -0.39 is 34.1 Å². The SMILES string of the molecule is CCOc1ccc(N(CC(=O)N(Cc2ccc(C)cc2)C(Cc2ccccc2)C(=O)NC(C)(C)C)S(=O)(=O)c2ccc(SC)cc2)cc1. The molecule has 0 aliphatic heterocycles. The van der Waals surface area contributed by atoms with Crippen LogP contribution in [-0.4, -0.2) is 56.1 Å². The number of anilines is 1. The molecule has 0 bridgehead atoms. The molecular weight excluding hydrogens is 643 g/mol. The van der Waals surface area contributed by atoms with Gasteiger partial charge in [0.1, 0.15) is 18.3 Å². The third-order valence-corrected chi connectivity index (χ3v) is 10.1. The highest BCUT2D eigenvalue weighted by Crippen LogP contribution is 2.28. The number of hydrogen-bond acceptors (Lipinski definition) is 6. The van der Waals surface area contributed by atoms with E-state index in [1.165, 1.54) is 16.7 Å². The number of amides is 2. The third kappa shape index (κ3) is 9.87. The molecule has 1 N–H and O–H groups in total. The fraction of sp³-hybridized carbons (Fsp3) is 0.316. The standard InChI is InChI=1S/C38H45N3O5S2/c1-7-46-32-19-17-31(18-20-32)41(48(44,45)34-23-21-33(47-6)22-24-34)27-36(42)40(26-30-15-13-28(2)14-16-30)35(37(43)39-38(3,4)5)25-29-11-9-8-10-12-29/h8-24,35H,7,25-27H2,1-6H3,(H,39,43). The maximum Gasteiger partial charge on any atom is 0.264 e. The molecular formula is C38H45N3O5S2. The Morgan fingerprint density at radius 1 is 0.854 bits per heavy atom. The maximum absolute atomic E-state index is 14.7. The number of sulfonamides is 1. The summed E-state index contributed by atoms with van der Waals surface area (Å²) in [5, 5.41) is 3.06. The Morgan fingerprint density at radius 2 is 1.48 bits per heavy atom. The van der Waals surface area contributed by atoms with E-state index in [-0.39, 0.29) is 23.8 Å². The molecule has 0 aromatic heterocycles. The van der Waals surface area contributed by atoms with E-state index in [9.17, 15) is 18.0 Å². The first-order valence-corrected chi connectivity index (χ1v) is 18.6. The van der Waals surface area contributed by atoms with Crippen molar-refractivity contribution in [2.75, 3.05) is 23.7 Å². The van der Waals surface area contributed by atoms with Gasteiger partial charge in [-0.15, -0.1) is 11.8 Å². The lowest BCUT2D eigenvalue weighted by atomic mass is 10.0. The average molecular weight is 688 g/mol. The van der Waals surface area contributed by atoms with Gasteiger partial charge in [0, 0.05) is 23.4 Å². The summed E-state index contributed by atoms with van der Waals surface area (Å²) < 4.78 is 35.3. The molecule has 0 saturated carbocycles. The first-order valence-electron chi connectivity index (χ1n) is 15.9. The number of ether oxygens (including phenoxy) is 1. The number of nitrogens with one attached hydrogen (secondary N) is 1. The van der Waals surface area contributed by atoms with E-state index in [2.05, 4.69) is 5.32 Å². The minimum absolute atomic E-state index is 0.0541. The van der Waals surface area contributed by atoms with Gasteiger partial charge in [0.15, 0.2) is 0 Å². The highest BCUT2D eigenvalue weighted by molar-refractivity contribution is 7.98. The van der Waals surface area contributed by atoms with E-state index in [1.807, 2.05) is 95.5 Å². The number of rotatable bonds is 14. The first-order chi connectivity index (χ1) is 22.8. The Bertz CT molecular complexity index is 1750. The first kappa shape index (κ1) is 36.6.